The first-order valence-electron chi connectivity index (χ1n) is 8.14. The molecule has 3 rings (SSSR count). The number of rotatable bonds is 6. The van der Waals surface area contributed by atoms with E-state index in [0.717, 1.165) is 10.0 Å². The number of ether oxygens (including phenoxy) is 1. The maximum atomic E-state index is 12.6. The zero-order chi connectivity index (χ0) is 19.2. The predicted octanol–water partition coefficient (Wildman–Crippen LogP) is 3.06. The minimum absolute atomic E-state index is 0.0270. The standard InChI is InChI=1S/C19H17BrN4O3/c1-27-18(25)10-16(13-3-2-4-15(20)9-13)23-19(26)14-5-6-17(22-11-14)24-8-7-21-12-24/h2-9,11-12,16H,10H2,1H3,(H,23,26). The summed E-state index contributed by atoms with van der Waals surface area (Å²) >= 11 is 3.41. The number of pyridine rings is 1. The van der Waals surface area contributed by atoms with Crippen LogP contribution in [0.3, 0.4) is 0 Å². The van der Waals surface area contributed by atoms with Crippen molar-refractivity contribution in [1.29, 1.82) is 0 Å². The van der Waals surface area contributed by atoms with Crippen molar-refractivity contribution in [3.63, 3.8) is 0 Å². The molecule has 0 aliphatic heterocycles. The fraction of sp³-hybridized carbons (Fsp3) is 0.158. The van der Waals surface area contributed by atoms with Crippen molar-refractivity contribution in [3.8, 4) is 5.82 Å². The predicted molar refractivity (Wildman–Crippen MR) is 102 cm³/mol. The normalized spacial score (nSPS) is 11.6. The van der Waals surface area contributed by atoms with E-state index in [9.17, 15) is 9.59 Å². The summed E-state index contributed by atoms with van der Waals surface area (Å²) in [4.78, 5) is 32.7. The van der Waals surface area contributed by atoms with E-state index in [-0.39, 0.29) is 12.3 Å². The number of carbonyl (C=O) groups is 2. The van der Waals surface area contributed by atoms with Gasteiger partial charge in [-0.1, -0.05) is 28.1 Å². The summed E-state index contributed by atoms with van der Waals surface area (Å²) in [6.45, 7) is 0. The molecule has 138 valence electrons. The Balaban J connectivity index is 1.78. The van der Waals surface area contributed by atoms with E-state index in [4.69, 9.17) is 4.74 Å². The number of halogens is 1. The van der Waals surface area contributed by atoms with Gasteiger partial charge < -0.3 is 10.1 Å². The molecule has 0 bridgehead atoms. The van der Waals surface area contributed by atoms with Gasteiger partial charge >= 0.3 is 5.97 Å². The molecular weight excluding hydrogens is 412 g/mol. The highest BCUT2D eigenvalue weighted by atomic mass is 79.9. The van der Waals surface area contributed by atoms with Gasteiger partial charge in [0.2, 0.25) is 0 Å². The lowest BCUT2D eigenvalue weighted by molar-refractivity contribution is -0.141. The lowest BCUT2D eigenvalue weighted by atomic mass is 10.0. The number of amides is 1. The van der Waals surface area contributed by atoms with Gasteiger partial charge in [0.1, 0.15) is 12.1 Å². The Hall–Kier alpha value is -3.00. The number of hydrogen-bond donors (Lipinski definition) is 1. The summed E-state index contributed by atoms with van der Waals surface area (Å²) in [6, 6.07) is 10.3. The van der Waals surface area contributed by atoms with Crippen LogP contribution in [0.25, 0.3) is 5.82 Å². The van der Waals surface area contributed by atoms with Crippen LogP contribution in [0.5, 0.6) is 0 Å². The van der Waals surface area contributed by atoms with Crippen molar-refractivity contribution in [1.82, 2.24) is 19.9 Å². The number of nitrogens with zero attached hydrogens (tertiary/aromatic N) is 3. The lowest BCUT2D eigenvalue weighted by Crippen LogP contribution is -2.30. The number of carbonyl (C=O) groups excluding carboxylic acids is 2. The SMILES string of the molecule is COC(=O)CC(NC(=O)c1ccc(-n2ccnc2)nc1)c1cccc(Br)c1. The van der Waals surface area contributed by atoms with Crippen LogP contribution < -0.4 is 5.32 Å². The number of methoxy groups -OCH3 is 1. The van der Waals surface area contributed by atoms with E-state index in [1.807, 2.05) is 24.3 Å². The van der Waals surface area contributed by atoms with Gasteiger partial charge in [-0.05, 0) is 29.8 Å². The van der Waals surface area contributed by atoms with Gasteiger partial charge in [0, 0.05) is 23.1 Å². The number of benzene rings is 1. The van der Waals surface area contributed by atoms with Gasteiger partial charge in [0.15, 0.2) is 0 Å². The van der Waals surface area contributed by atoms with E-state index in [1.54, 1.807) is 35.4 Å². The molecule has 0 radical (unpaired) electrons. The second-order valence-electron chi connectivity index (χ2n) is 5.74. The van der Waals surface area contributed by atoms with E-state index in [1.165, 1.54) is 13.3 Å². The third kappa shape index (κ3) is 4.79. The molecule has 2 aromatic heterocycles. The Bertz CT molecular complexity index is 926. The van der Waals surface area contributed by atoms with Crippen molar-refractivity contribution in [2.24, 2.45) is 0 Å². The molecule has 1 amide bonds. The molecule has 27 heavy (non-hydrogen) atoms. The largest absolute Gasteiger partial charge is 0.469 e. The maximum Gasteiger partial charge on any atom is 0.307 e. The third-order valence-corrected chi connectivity index (χ3v) is 4.43. The van der Waals surface area contributed by atoms with Gasteiger partial charge in [-0.2, -0.15) is 0 Å². The Labute approximate surface area is 164 Å². The molecule has 2 heterocycles. The van der Waals surface area contributed by atoms with Crippen LogP contribution in [0.15, 0.2) is 65.8 Å². The average molecular weight is 429 g/mol. The number of hydrogen-bond acceptors (Lipinski definition) is 5. The molecule has 0 fully saturated rings. The maximum absolute atomic E-state index is 12.6. The average Bonchev–Trinajstić information content (AvgIpc) is 3.22. The van der Waals surface area contributed by atoms with Crippen LogP contribution in [0.2, 0.25) is 0 Å². The molecule has 7 nitrogen and oxygen atoms in total. The van der Waals surface area contributed by atoms with E-state index in [2.05, 4.69) is 31.2 Å². The summed E-state index contributed by atoms with van der Waals surface area (Å²) in [5.41, 5.74) is 1.19. The first-order chi connectivity index (χ1) is 13.1. The van der Waals surface area contributed by atoms with Crippen LogP contribution >= 0.6 is 15.9 Å². The fourth-order valence-corrected chi connectivity index (χ4v) is 2.95. The zero-order valence-electron chi connectivity index (χ0n) is 14.5. The molecule has 1 unspecified atom stereocenters. The lowest BCUT2D eigenvalue weighted by Gasteiger charge is -2.18. The quantitative estimate of drug-likeness (QED) is 0.609. The van der Waals surface area contributed by atoms with Crippen LogP contribution in [-0.4, -0.2) is 33.5 Å². The molecule has 1 atom stereocenters. The van der Waals surface area contributed by atoms with E-state index in [0.29, 0.717) is 11.4 Å². The highest BCUT2D eigenvalue weighted by Gasteiger charge is 2.20. The highest BCUT2D eigenvalue weighted by molar-refractivity contribution is 9.10. The number of esters is 1. The summed E-state index contributed by atoms with van der Waals surface area (Å²) in [5.74, 6) is -0.0791. The van der Waals surface area contributed by atoms with Crippen molar-refractivity contribution in [3.05, 3.63) is 76.9 Å². The second kappa shape index (κ2) is 8.59. The zero-order valence-corrected chi connectivity index (χ0v) is 16.1. The highest BCUT2D eigenvalue weighted by Crippen LogP contribution is 2.22. The van der Waals surface area contributed by atoms with Crippen LogP contribution in [0, 0.1) is 0 Å². The molecule has 1 aromatic carbocycles. The van der Waals surface area contributed by atoms with Crippen LogP contribution in [-0.2, 0) is 9.53 Å². The smallest absolute Gasteiger partial charge is 0.307 e. The molecular formula is C19H17BrN4O3. The van der Waals surface area contributed by atoms with Crippen molar-refractivity contribution in [2.75, 3.05) is 7.11 Å². The summed E-state index contributed by atoms with van der Waals surface area (Å²) in [7, 11) is 1.32. The first kappa shape index (κ1) is 18.8. The molecule has 0 aliphatic rings. The topological polar surface area (TPSA) is 86.1 Å². The van der Waals surface area contributed by atoms with Crippen molar-refractivity contribution >= 4 is 27.8 Å². The van der Waals surface area contributed by atoms with Gasteiger partial charge in [0.25, 0.3) is 5.91 Å². The Morgan fingerprint density at radius 1 is 1.30 bits per heavy atom. The van der Waals surface area contributed by atoms with Gasteiger partial charge in [-0.3, -0.25) is 14.2 Å². The fourth-order valence-electron chi connectivity index (χ4n) is 2.53. The van der Waals surface area contributed by atoms with Crippen LogP contribution in [0.4, 0.5) is 0 Å². The Morgan fingerprint density at radius 2 is 2.15 bits per heavy atom. The van der Waals surface area contributed by atoms with E-state index < -0.39 is 12.0 Å². The summed E-state index contributed by atoms with van der Waals surface area (Å²) in [6.07, 6.45) is 6.56. The number of aromatic nitrogens is 3. The van der Waals surface area contributed by atoms with Gasteiger partial charge in [0.05, 0.1) is 25.1 Å². The molecule has 0 aliphatic carbocycles. The Morgan fingerprint density at radius 3 is 2.78 bits per heavy atom. The van der Waals surface area contributed by atoms with Crippen molar-refractivity contribution < 1.29 is 14.3 Å². The minimum atomic E-state index is -0.518. The summed E-state index contributed by atoms with van der Waals surface area (Å²) < 4.78 is 7.35. The minimum Gasteiger partial charge on any atom is -0.469 e. The number of imidazole rings is 1. The van der Waals surface area contributed by atoms with Gasteiger partial charge in [-0.25, -0.2) is 9.97 Å². The summed E-state index contributed by atoms with van der Waals surface area (Å²) in [5, 5.41) is 2.88. The molecule has 3 aromatic rings. The monoisotopic (exact) mass is 428 g/mol. The van der Waals surface area contributed by atoms with Gasteiger partial charge in [-0.15, -0.1) is 0 Å². The first-order valence-corrected chi connectivity index (χ1v) is 8.93. The van der Waals surface area contributed by atoms with E-state index >= 15 is 0 Å². The third-order valence-electron chi connectivity index (χ3n) is 3.93. The Kier molecular flexibility index (Phi) is 5.97. The molecule has 0 saturated carbocycles. The molecule has 8 heteroatoms. The molecule has 0 saturated heterocycles. The molecule has 1 N–H and O–H groups in total. The second-order valence-corrected chi connectivity index (χ2v) is 6.65. The van der Waals surface area contributed by atoms with Crippen molar-refractivity contribution in [2.45, 2.75) is 12.5 Å². The molecule has 0 spiro atoms. The number of nitrogens with one attached hydrogen (secondary N) is 1. The van der Waals surface area contributed by atoms with Crippen LogP contribution in [0.1, 0.15) is 28.4 Å².